The highest BCUT2D eigenvalue weighted by molar-refractivity contribution is 5.98. The Labute approximate surface area is 237 Å². The van der Waals surface area contributed by atoms with Crippen LogP contribution in [0.4, 0.5) is 10.5 Å². The summed E-state index contributed by atoms with van der Waals surface area (Å²) in [5, 5.41) is 2.80. The van der Waals surface area contributed by atoms with E-state index in [2.05, 4.69) is 17.2 Å². The number of amides is 1. The van der Waals surface area contributed by atoms with E-state index in [1.54, 1.807) is 13.8 Å². The molecule has 0 radical (unpaired) electrons. The Kier molecular flexibility index (Phi) is 16.6. The number of nitrogen functional groups attached to an aromatic ring is 1. The minimum absolute atomic E-state index is 0.0989. The number of aryl methyl sites for hydroxylation is 1. The summed E-state index contributed by atoms with van der Waals surface area (Å²) in [6.07, 6.45) is 23.8. The van der Waals surface area contributed by atoms with E-state index in [0.717, 1.165) is 25.7 Å². The van der Waals surface area contributed by atoms with Crippen LogP contribution in [-0.4, -0.2) is 30.2 Å². The van der Waals surface area contributed by atoms with Crippen LogP contribution in [0.3, 0.4) is 0 Å². The predicted molar refractivity (Wildman–Crippen MR) is 159 cm³/mol. The van der Waals surface area contributed by atoms with Crippen LogP contribution in [0.25, 0.3) is 0 Å². The molecular formula is C32H55N3O4. The lowest BCUT2D eigenvalue weighted by Crippen LogP contribution is -2.29. The van der Waals surface area contributed by atoms with E-state index in [4.69, 9.17) is 15.2 Å². The van der Waals surface area contributed by atoms with E-state index in [9.17, 15) is 9.59 Å². The summed E-state index contributed by atoms with van der Waals surface area (Å²) in [5.74, 6) is 0.0482. The average molecular weight is 546 g/mol. The molecule has 0 spiro atoms. The van der Waals surface area contributed by atoms with E-state index >= 15 is 0 Å². The molecule has 1 aromatic rings. The summed E-state index contributed by atoms with van der Waals surface area (Å²) in [4.78, 5) is 29.3. The molecule has 39 heavy (non-hydrogen) atoms. The molecule has 1 heterocycles. The maximum atomic E-state index is 12.7. The number of carbonyl (C=O) groups is 2. The van der Waals surface area contributed by atoms with E-state index in [1.807, 2.05) is 0 Å². The number of pyridine rings is 1. The molecule has 3 N–H and O–H groups in total. The number of nitrogens with zero attached hydrogens (tertiary/aromatic N) is 1. The largest absolute Gasteiger partial charge is 0.462 e. The Morgan fingerprint density at radius 3 is 1.85 bits per heavy atom. The number of hydrogen-bond donors (Lipinski definition) is 2. The second-order valence-corrected chi connectivity index (χ2v) is 11.4. The third-order valence-corrected chi connectivity index (χ3v) is 7.99. The van der Waals surface area contributed by atoms with Gasteiger partial charge in [-0.05, 0) is 39.0 Å². The summed E-state index contributed by atoms with van der Waals surface area (Å²) < 4.78 is 10.9. The average Bonchev–Trinajstić information content (AvgIpc) is 2.88. The zero-order chi connectivity index (χ0) is 28.3. The number of rotatable bonds is 21. The fourth-order valence-corrected chi connectivity index (χ4v) is 5.06. The zero-order valence-corrected chi connectivity index (χ0v) is 25.1. The van der Waals surface area contributed by atoms with E-state index < -0.39 is 12.1 Å². The van der Waals surface area contributed by atoms with Crippen LogP contribution in [0.15, 0.2) is 0 Å². The Balaban J connectivity index is 1.52. The van der Waals surface area contributed by atoms with E-state index in [-0.39, 0.29) is 17.1 Å². The lowest BCUT2D eigenvalue weighted by atomic mass is 9.86. The maximum Gasteiger partial charge on any atom is 0.413 e. The van der Waals surface area contributed by atoms with Gasteiger partial charge in [-0.3, -0.25) is 0 Å². The topological polar surface area (TPSA) is 104 Å². The van der Waals surface area contributed by atoms with Gasteiger partial charge in [0.1, 0.15) is 0 Å². The summed E-state index contributed by atoms with van der Waals surface area (Å²) >= 11 is 0. The first-order valence-electron chi connectivity index (χ1n) is 15.8. The number of ether oxygens (including phenoxy) is 2. The lowest BCUT2D eigenvalue weighted by molar-refractivity contribution is 0.0371. The van der Waals surface area contributed by atoms with E-state index in [0.29, 0.717) is 30.3 Å². The van der Waals surface area contributed by atoms with Crippen molar-refractivity contribution >= 4 is 17.7 Å². The first-order chi connectivity index (χ1) is 18.9. The highest BCUT2D eigenvalue weighted by Gasteiger charge is 2.25. The van der Waals surface area contributed by atoms with Crippen molar-refractivity contribution in [2.45, 2.75) is 143 Å². The number of aromatic nitrogens is 1. The van der Waals surface area contributed by atoms with Crippen molar-refractivity contribution in [3.8, 4) is 5.88 Å². The third-order valence-electron chi connectivity index (χ3n) is 7.99. The Hall–Kier alpha value is -2.31. The molecule has 0 unspecified atom stereocenters. The number of esters is 1. The van der Waals surface area contributed by atoms with Crippen LogP contribution >= 0.6 is 0 Å². The Bertz CT molecular complexity index is 854. The van der Waals surface area contributed by atoms with Gasteiger partial charge in [-0.2, -0.15) is 0 Å². The molecule has 2 rings (SSSR count). The molecule has 0 atom stereocenters. The van der Waals surface area contributed by atoms with Crippen LogP contribution in [0.5, 0.6) is 5.88 Å². The normalized spacial score (nSPS) is 13.2. The summed E-state index contributed by atoms with van der Waals surface area (Å²) in [6.45, 7) is 6.60. The quantitative estimate of drug-likeness (QED) is 0.118. The molecule has 1 saturated carbocycles. The number of nitrogens with one attached hydrogen (secondary N) is 1. The molecule has 1 aliphatic carbocycles. The molecule has 7 heteroatoms. The molecule has 0 bridgehead atoms. The van der Waals surface area contributed by atoms with Gasteiger partial charge in [0.2, 0.25) is 5.88 Å². The third kappa shape index (κ3) is 13.1. The van der Waals surface area contributed by atoms with Crippen molar-refractivity contribution in [2.24, 2.45) is 5.92 Å². The van der Waals surface area contributed by atoms with Crippen LogP contribution in [0.1, 0.15) is 151 Å². The van der Waals surface area contributed by atoms with Crippen LogP contribution in [-0.2, 0) is 4.74 Å². The molecule has 1 amide bonds. The van der Waals surface area contributed by atoms with Gasteiger partial charge in [-0.25, -0.2) is 14.6 Å². The van der Waals surface area contributed by atoms with Gasteiger partial charge in [-0.1, -0.05) is 110 Å². The predicted octanol–water partition coefficient (Wildman–Crippen LogP) is 8.59. The highest BCUT2D eigenvalue weighted by Crippen LogP contribution is 2.30. The number of hydrogen-bond acceptors (Lipinski definition) is 6. The molecule has 7 nitrogen and oxygen atoms in total. The molecule has 0 saturated heterocycles. The number of nitrogens with two attached hydrogens (primary N) is 1. The highest BCUT2D eigenvalue weighted by atomic mass is 16.6. The monoisotopic (exact) mass is 545 g/mol. The van der Waals surface area contributed by atoms with Gasteiger partial charge in [-0.15, -0.1) is 0 Å². The number of carbonyl (C=O) groups excluding carboxylic acids is 2. The van der Waals surface area contributed by atoms with Crippen molar-refractivity contribution in [1.29, 1.82) is 0 Å². The van der Waals surface area contributed by atoms with Crippen molar-refractivity contribution in [3.05, 3.63) is 16.8 Å². The lowest BCUT2D eigenvalue weighted by Gasteiger charge is -2.25. The minimum Gasteiger partial charge on any atom is -0.462 e. The zero-order valence-electron chi connectivity index (χ0n) is 25.1. The molecule has 222 valence electrons. The van der Waals surface area contributed by atoms with Gasteiger partial charge in [0.15, 0.2) is 0 Å². The smallest absolute Gasteiger partial charge is 0.413 e. The van der Waals surface area contributed by atoms with Crippen LogP contribution in [0, 0.1) is 19.8 Å². The van der Waals surface area contributed by atoms with Gasteiger partial charge < -0.3 is 20.5 Å². The molecular weight excluding hydrogens is 490 g/mol. The second-order valence-electron chi connectivity index (χ2n) is 11.4. The maximum absolute atomic E-state index is 12.7. The van der Waals surface area contributed by atoms with Crippen LogP contribution in [0.2, 0.25) is 0 Å². The molecule has 1 fully saturated rings. The van der Waals surface area contributed by atoms with E-state index in [1.165, 1.54) is 96.3 Å². The molecule has 0 aromatic carbocycles. The fraction of sp³-hybridized carbons (Fsp3) is 0.781. The summed E-state index contributed by atoms with van der Waals surface area (Å²) in [6, 6.07) is 0. The van der Waals surface area contributed by atoms with Crippen molar-refractivity contribution in [1.82, 2.24) is 10.3 Å². The molecule has 1 aliphatic rings. The van der Waals surface area contributed by atoms with Gasteiger partial charge in [0.05, 0.1) is 23.6 Å². The summed E-state index contributed by atoms with van der Waals surface area (Å²) in [5.41, 5.74) is 7.50. The minimum atomic E-state index is -0.565. The number of unbranched alkanes of at least 4 members (excludes halogenated alkanes) is 15. The Morgan fingerprint density at radius 2 is 1.36 bits per heavy atom. The fourth-order valence-electron chi connectivity index (χ4n) is 5.06. The SMILES string of the molecule is CCCCCCCCCCCCCCCCCCNC(=O)Oc1nc(C)c(N)c(C(=O)OCC2CCC2)c1C. The second kappa shape index (κ2) is 19.7. The summed E-state index contributed by atoms with van der Waals surface area (Å²) in [7, 11) is 0. The number of anilines is 1. The van der Waals surface area contributed by atoms with Crippen molar-refractivity contribution in [2.75, 3.05) is 18.9 Å². The Morgan fingerprint density at radius 1 is 0.846 bits per heavy atom. The molecule has 1 aromatic heterocycles. The standard InChI is InChI=1S/C32H55N3O4/c1-4-5-6-7-8-9-10-11-12-13-14-15-16-17-18-19-23-34-32(37)39-30-25(2)28(29(33)26(3)35-30)31(36)38-24-27-21-20-22-27/h27H,4-24,33H2,1-3H3,(H,34,37). The first kappa shape index (κ1) is 32.9. The van der Waals surface area contributed by atoms with Gasteiger partial charge >= 0.3 is 12.1 Å². The molecule has 0 aliphatic heterocycles. The van der Waals surface area contributed by atoms with Crippen molar-refractivity contribution in [3.63, 3.8) is 0 Å². The van der Waals surface area contributed by atoms with Crippen LogP contribution < -0.4 is 15.8 Å². The van der Waals surface area contributed by atoms with Gasteiger partial charge in [0.25, 0.3) is 0 Å². The van der Waals surface area contributed by atoms with Gasteiger partial charge in [0, 0.05) is 12.1 Å². The first-order valence-corrected chi connectivity index (χ1v) is 15.8. The van der Waals surface area contributed by atoms with Crippen molar-refractivity contribution < 1.29 is 19.1 Å².